The van der Waals surface area contributed by atoms with Crippen molar-refractivity contribution in [1.29, 1.82) is 0 Å². The molecule has 1 fully saturated rings. The lowest BCUT2D eigenvalue weighted by molar-refractivity contribution is 0.297. The third kappa shape index (κ3) is 3.48. The zero-order chi connectivity index (χ0) is 17.2. The zero-order valence-corrected chi connectivity index (χ0v) is 15.4. The maximum absolute atomic E-state index is 6.13. The first-order valence-corrected chi connectivity index (χ1v) is 9.77. The topological polar surface area (TPSA) is 57.4 Å². The van der Waals surface area contributed by atoms with Crippen molar-refractivity contribution in [2.24, 2.45) is 10.7 Å². The second kappa shape index (κ2) is 7.02. The Labute approximate surface area is 152 Å². The molecule has 25 heavy (non-hydrogen) atoms. The van der Waals surface area contributed by atoms with Crippen molar-refractivity contribution in [2.75, 3.05) is 13.6 Å². The molecule has 3 N–H and O–H groups in total. The molecule has 3 heterocycles. The van der Waals surface area contributed by atoms with Crippen molar-refractivity contribution < 1.29 is 0 Å². The minimum atomic E-state index is 0.582. The second-order valence-corrected chi connectivity index (χ2v) is 7.78. The summed E-state index contributed by atoms with van der Waals surface area (Å²) in [5, 5.41) is 3.28. The number of hydrogen-bond acceptors (Lipinski definition) is 3. The average Bonchev–Trinajstić information content (AvgIpc) is 3.34. The summed E-state index contributed by atoms with van der Waals surface area (Å²) in [6.45, 7) is 1.24. The first-order chi connectivity index (χ1) is 12.2. The first-order valence-electron chi connectivity index (χ1n) is 8.89. The van der Waals surface area contributed by atoms with E-state index in [1.54, 1.807) is 11.3 Å². The van der Waals surface area contributed by atoms with E-state index in [0.29, 0.717) is 5.84 Å². The summed E-state index contributed by atoms with van der Waals surface area (Å²) < 4.78 is 0. The van der Waals surface area contributed by atoms with Crippen LogP contribution in [0.5, 0.6) is 0 Å². The molecular weight excluding hydrogens is 328 g/mol. The smallest absolute Gasteiger partial charge is 0.141 e. The molecule has 5 heteroatoms. The summed E-state index contributed by atoms with van der Waals surface area (Å²) in [4.78, 5) is 11.5. The number of nitrogens with two attached hydrogens (primary N) is 1. The molecule has 0 aliphatic carbocycles. The number of aliphatic imine (C=N–C) groups is 1. The Kier molecular flexibility index (Phi) is 4.59. The maximum Gasteiger partial charge on any atom is 0.141 e. The van der Waals surface area contributed by atoms with Crippen molar-refractivity contribution in [1.82, 2.24) is 9.88 Å². The fourth-order valence-corrected chi connectivity index (χ4v) is 4.35. The van der Waals surface area contributed by atoms with Gasteiger partial charge in [0.05, 0.1) is 10.6 Å². The molecule has 4 nitrogen and oxygen atoms in total. The highest BCUT2D eigenvalue weighted by atomic mass is 32.1. The molecule has 0 spiro atoms. The molecule has 1 saturated heterocycles. The van der Waals surface area contributed by atoms with Crippen LogP contribution in [0.2, 0.25) is 0 Å². The molecular formula is C20H24N4S. The number of benzene rings is 1. The largest absolute Gasteiger partial charge is 0.383 e. The molecule has 1 aliphatic heterocycles. The van der Waals surface area contributed by atoms with E-state index in [9.17, 15) is 0 Å². The highest BCUT2D eigenvalue weighted by molar-refractivity contribution is 7.12. The van der Waals surface area contributed by atoms with E-state index >= 15 is 0 Å². The number of aryl methyl sites for hydroxylation is 1. The van der Waals surface area contributed by atoms with Crippen molar-refractivity contribution in [2.45, 2.75) is 31.7 Å². The van der Waals surface area contributed by atoms with E-state index in [-0.39, 0.29) is 0 Å². The van der Waals surface area contributed by atoms with E-state index in [1.807, 2.05) is 23.6 Å². The van der Waals surface area contributed by atoms with Gasteiger partial charge in [-0.25, -0.2) is 4.99 Å². The van der Waals surface area contributed by atoms with E-state index in [1.165, 1.54) is 42.3 Å². The quantitative estimate of drug-likeness (QED) is 0.531. The van der Waals surface area contributed by atoms with Crippen LogP contribution < -0.4 is 5.73 Å². The highest BCUT2D eigenvalue weighted by Gasteiger charge is 2.20. The highest BCUT2D eigenvalue weighted by Crippen LogP contribution is 2.27. The SMILES string of the molecule is CN1CCC[C@H]1CCc1c[nH]c2ccc(N=C(N)c3cccs3)cc12. The van der Waals surface area contributed by atoms with E-state index in [2.05, 4.69) is 40.3 Å². The Morgan fingerprint density at radius 1 is 1.40 bits per heavy atom. The van der Waals surface area contributed by atoms with Crippen molar-refractivity contribution in [3.05, 3.63) is 52.3 Å². The van der Waals surface area contributed by atoms with Crippen LogP contribution in [0.15, 0.2) is 46.9 Å². The average molecular weight is 353 g/mol. The van der Waals surface area contributed by atoms with Crippen LogP contribution in [0.25, 0.3) is 10.9 Å². The van der Waals surface area contributed by atoms with Gasteiger partial charge in [-0.3, -0.25) is 0 Å². The monoisotopic (exact) mass is 352 g/mol. The lowest BCUT2D eigenvalue weighted by Gasteiger charge is -2.18. The Morgan fingerprint density at radius 3 is 3.08 bits per heavy atom. The zero-order valence-electron chi connectivity index (χ0n) is 14.5. The molecule has 1 aliphatic rings. The van der Waals surface area contributed by atoms with Crippen LogP contribution in [0.3, 0.4) is 0 Å². The predicted octanol–water partition coefficient (Wildman–Crippen LogP) is 4.29. The first kappa shape index (κ1) is 16.4. The van der Waals surface area contributed by atoms with Crippen molar-refractivity contribution in [3.63, 3.8) is 0 Å². The van der Waals surface area contributed by atoms with Gasteiger partial charge in [0.15, 0.2) is 0 Å². The fourth-order valence-electron chi connectivity index (χ4n) is 3.73. The summed E-state index contributed by atoms with van der Waals surface area (Å²) in [6.07, 6.45) is 7.12. The normalized spacial score (nSPS) is 19.1. The standard InChI is InChI=1S/C20H24N4S/c1-24-10-2-4-16(24)8-6-14-13-22-18-9-7-15(12-17(14)18)23-20(21)19-5-3-11-25-19/h3,5,7,9,11-13,16,22H,2,4,6,8,10H2,1H3,(H2,21,23)/t16-/m0/s1. The van der Waals surface area contributed by atoms with Gasteiger partial charge in [-0.1, -0.05) is 6.07 Å². The summed E-state index contributed by atoms with van der Waals surface area (Å²) in [5.41, 5.74) is 9.59. The van der Waals surface area contributed by atoms with Crippen LogP contribution in [0, 0.1) is 0 Å². The van der Waals surface area contributed by atoms with Gasteiger partial charge in [0.2, 0.25) is 0 Å². The van der Waals surface area contributed by atoms with Gasteiger partial charge in [0.1, 0.15) is 5.84 Å². The molecule has 2 aromatic heterocycles. The minimum Gasteiger partial charge on any atom is -0.383 e. The van der Waals surface area contributed by atoms with Crippen LogP contribution in [0.4, 0.5) is 5.69 Å². The summed E-state index contributed by atoms with van der Waals surface area (Å²) in [5.74, 6) is 0.582. The number of likely N-dealkylation sites (tertiary alicyclic amines) is 1. The number of hydrogen-bond donors (Lipinski definition) is 2. The Morgan fingerprint density at radius 2 is 2.32 bits per heavy atom. The molecule has 1 aromatic carbocycles. The fraction of sp³-hybridized carbons (Fsp3) is 0.350. The summed E-state index contributed by atoms with van der Waals surface area (Å²) in [6, 6.07) is 11.0. The molecule has 0 amide bonds. The van der Waals surface area contributed by atoms with Crippen LogP contribution in [-0.2, 0) is 6.42 Å². The van der Waals surface area contributed by atoms with Gasteiger partial charge < -0.3 is 15.6 Å². The van der Waals surface area contributed by atoms with E-state index in [0.717, 1.165) is 23.0 Å². The third-order valence-corrected chi connectivity index (χ3v) is 6.08. The van der Waals surface area contributed by atoms with Crippen LogP contribution in [-0.4, -0.2) is 35.4 Å². The number of nitrogens with zero attached hydrogens (tertiary/aromatic N) is 2. The molecule has 0 bridgehead atoms. The number of H-pyrrole nitrogens is 1. The second-order valence-electron chi connectivity index (χ2n) is 6.83. The Balaban J connectivity index is 1.56. The predicted molar refractivity (Wildman–Crippen MR) is 107 cm³/mol. The minimum absolute atomic E-state index is 0.582. The Hall–Kier alpha value is -2.11. The maximum atomic E-state index is 6.13. The number of aromatic nitrogens is 1. The van der Waals surface area contributed by atoms with Gasteiger partial charge in [-0.05, 0) is 74.5 Å². The van der Waals surface area contributed by atoms with Gasteiger partial charge in [-0.15, -0.1) is 11.3 Å². The Bertz CT molecular complexity index is 878. The number of rotatable bonds is 5. The van der Waals surface area contributed by atoms with Gasteiger partial charge in [0, 0.05) is 23.1 Å². The van der Waals surface area contributed by atoms with Crippen molar-refractivity contribution >= 4 is 33.8 Å². The van der Waals surface area contributed by atoms with Gasteiger partial charge in [-0.2, -0.15) is 0 Å². The lowest BCUT2D eigenvalue weighted by atomic mass is 10.0. The summed E-state index contributed by atoms with van der Waals surface area (Å²) in [7, 11) is 2.24. The van der Waals surface area contributed by atoms with Crippen molar-refractivity contribution in [3.8, 4) is 0 Å². The molecule has 0 unspecified atom stereocenters. The van der Waals surface area contributed by atoms with E-state index < -0.39 is 0 Å². The molecule has 4 rings (SSSR count). The number of aromatic amines is 1. The number of nitrogens with one attached hydrogen (secondary N) is 1. The molecule has 0 radical (unpaired) electrons. The van der Waals surface area contributed by atoms with Crippen LogP contribution in [0.1, 0.15) is 29.7 Å². The summed E-state index contributed by atoms with van der Waals surface area (Å²) >= 11 is 1.61. The van der Waals surface area contributed by atoms with Crippen LogP contribution >= 0.6 is 11.3 Å². The third-order valence-electron chi connectivity index (χ3n) is 5.19. The number of fused-ring (bicyclic) bond motifs is 1. The molecule has 1 atom stereocenters. The number of thiophene rings is 1. The molecule has 0 saturated carbocycles. The number of amidine groups is 1. The molecule has 130 valence electrons. The van der Waals surface area contributed by atoms with E-state index in [4.69, 9.17) is 5.73 Å². The van der Waals surface area contributed by atoms with Gasteiger partial charge in [0.25, 0.3) is 0 Å². The van der Waals surface area contributed by atoms with Gasteiger partial charge >= 0.3 is 0 Å². The lowest BCUT2D eigenvalue weighted by Crippen LogP contribution is -2.25. The molecule has 3 aromatic rings.